The van der Waals surface area contributed by atoms with Crippen LogP contribution in [-0.4, -0.2) is 18.6 Å². The monoisotopic (exact) mass is 196 g/mol. The Balaban J connectivity index is 1.61. The van der Waals surface area contributed by atoms with E-state index in [0.717, 1.165) is 12.0 Å². The highest BCUT2D eigenvalue weighted by Crippen LogP contribution is 2.24. The third kappa shape index (κ3) is 2.96. The summed E-state index contributed by atoms with van der Waals surface area (Å²) in [5.41, 5.74) is 5.91. The van der Waals surface area contributed by atoms with Gasteiger partial charge in [0.15, 0.2) is 0 Å². The van der Waals surface area contributed by atoms with E-state index >= 15 is 0 Å². The van der Waals surface area contributed by atoms with Crippen molar-refractivity contribution in [3.63, 3.8) is 0 Å². The highest BCUT2D eigenvalue weighted by atomic mass is 14.9. The fraction of sp³-hybridized carbons (Fsp3) is 1.00. The Bertz CT molecular complexity index is 159. The first-order chi connectivity index (χ1) is 6.84. The lowest BCUT2D eigenvalue weighted by atomic mass is 9.95. The topological polar surface area (TPSA) is 38.0 Å². The molecule has 82 valence electrons. The minimum atomic E-state index is 0.494. The molecule has 2 atom stereocenters. The summed E-state index contributed by atoms with van der Waals surface area (Å²) in [5, 5.41) is 3.73. The van der Waals surface area contributed by atoms with Crippen LogP contribution in [-0.2, 0) is 0 Å². The Morgan fingerprint density at radius 3 is 2.43 bits per heavy atom. The molecule has 2 aliphatic rings. The second kappa shape index (κ2) is 5.13. The average Bonchev–Trinajstić information content (AvgIpc) is 2.63. The van der Waals surface area contributed by atoms with Gasteiger partial charge in [-0.25, -0.2) is 0 Å². The Morgan fingerprint density at radius 1 is 1.00 bits per heavy atom. The van der Waals surface area contributed by atoms with Gasteiger partial charge >= 0.3 is 0 Å². The van der Waals surface area contributed by atoms with Gasteiger partial charge in [0, 0.05) is 12.1 Å². The van der Waals surface area contributed by atoms with Gasteiger partial charge in [0.2, 0.25) is 0 Å². The summed E-state index contributed by atoms with van der Waals surface area (Å²) in [6, 6.07) is 1.31. The molecule has 0 aromatic heterocycles. The Labute approximate surface area is 87.6 Å². The molecule has 0 aliphatic heterocycles. The molecule has 0 spiro atoms. The molecular formula is C12H24N2. The van der Waals surface area contributed by atoms with Crippen molar-refractivity contribution in [1.82, 2.24) is 5.32 Å². The number of nitrogens with one attached hydrogen (secondary N) is 1. The number of hydrogen-bond acceptors (Lipinski definition) is 2. The number of hydrogen-bond donors (Lipinski definition) is 2. The van der Waals surface area contributed by atoms with Crippen molar-refractivity contribution in [2.45, 2.75) is 63.5 Å². The first-order valence-electron chi connectivity index (χ1n) is 6.33. The zero-order chi connectivity index (χ0) is 9.80. The van der Waals surface area contributed by atoms with Crippen LogP contribution in [0.15, 0.2) is 0 Å². The summed E-state index contributed by atoms with van der Waals surface area (Å²) in [4.78, 5) is 0. The van der Waals surface area contributed by atoms with Gasteiger partial charge < -0.3 is 11.1 Å². The van der Waals surface area contributed by atoms with Gasteiger partial charge in [-0.2, -0.15) is 0 Å². The fourth-order valence-corrected chi connectivity index (χ4v) is 2.94. The largest absolute Gasteiger partial charge is 0.328 e. The summed E-state index contributed by atoms with van der Waals surface area (Å²) in [6.45, 7) is 1.22. The Kier molecular flexibility index (Phi) is 3.82. The summed E-state index contributed by atoms with van der Waals surface area (Å²) >= 11 is 0. The van der Waals surface area contributed by atoms with E-state index in [1.165, 1.54) is 57.9 Å². The van der Waals surface area contributed by atoms with Crippen LogP contribution in [0.2, 0.25) is 0 Å². The molecule has 2 rings (SSSR count). The molecule has 0 aromatic rings. The van der Waals surface area contributed by atoms with E-state index in [-0.39, 0.29) is 0 Å². The number of rotatable bonds is 3. The zero-order valence-corrected chi connectivity index (χ0v) is 9.17. The van der Waals surface area contributed by atoms with Crippen LogP contribution in [0.5, 0.6) is 0 Å². The van der Waals surface area contributed by atoms with Gasteiger partial charge in [0.25, 0.3) is 0 Å². The molecule has 0 radical (unpaired) electrons. The van der Waals surface area contributed by atoms with Gasteiger partial charge in [-0.3, -0.25) is 0 Å². The van der Waals surface area contributed by atoms with Crippen molar-refractivity contribution in [1.29, 1.82) is 0 Å². The summed E-state index contributed by atoms with van der Waals surface area (Å²) in [5.74, 6) is 0.868. The molecule has 14 heavy (non-hydrogen) atoms. The smallest absolute Gasteiger partial charge is 0.00671 e. The maximum atomic E-state index is 5.91. The maximum absolute atomic E-state index is 5.91. The minimum absolute atomic E-state index is 0.494. The van der Waals surface area contributed by atoms with Crippen molar-refractivity contribution >= 4 is 0 Å². The van der Waals surface area contributed by atoms with E-state index in [4.69, 9.17) is 5.73 Å². The van der Waals surface area contributed by atoms with Crippen LogP contribution in [0, 0.1) is 5.92 Å². The van der Waals surface area contributed by atoms with E-state index in [9.17, 15) is 0 Å². The van der Waals surface area contributed by atoms with Crippen molar-refractivity contribution in [3.05, 3.63) is 0 Å². The SMILES string of the molecule is N[C@@H]1CC[C@H](CNC2CCCCC2)C1. The minimum Gasteiger partial charge on any atom is -0.328 e. The molecule has 0 heterocycles. The van der Waals surface area contributed by atoms with Gasteiger partial charge in [0.05, 0.1) is 0 Å². The lowest BCUT2D eigenvalue weighted by Crippen LogP contribution is -2.34. The summed E-state index contributed by atoms with van der Waals surface area (Å²) in [6.07, 6.45) is 11.0. The van der Waals surface area contributed by atoms with Crippen molar-refractivity contribution in [2.24, 2.45) is 11.7 Å². The van der Waals surface area contributed by atoms with Crippen molar-refractivity contribution < 1.29 is 0 Å². The second-order valence-electron chi connectivity index (χ2n) is 5.18. The van der Waals surface area contributed by atoms with Crippen molar-refractivity contribution in [3.8, 4) is 0 Å². The molecule has 2 fully saturated rings. The second-order valence-corrected chi connectivity index (χ2v) is 5.18. The third-order valence-electron chi connectivity index (χ3n) is 3.88. The molecule has 0 aromatic carbocycles. The van der Waals surface area contributed by atoms with Gasteiger partial charge in [0.1, 0.15) is 0 Å². The lowest BCUT2D eigenvalue weighted by molar-refractivity contribution is 0.346. The van der Waals surface area contributed by atoms with E-state index in [1.54, 1.807) is 0 Å². The van der Waals surface area contributed by atoms with Crippen molar-refractivity contribution in [2.75, 3.05) is 6.54 Å². The van der Waals surface area contributed by atoms with Crippen LogP contribution in [0.25, 0.3) is 0 Å². The molecule has 0 saturated heterocycles. The quantitative estimate of drug-likeness (QED) is 0.725. The van der Waals surface area contributed by atoms with Crippen LogP contribution >= 0.6 is 0 Å². The Morgan fingerprint density at radius 2 is 1.79 bits per heavy atom. The molecule has 2 nitrogen and oxygen atoms in total. The highest BCUT2D eigenvalue weighted by molar-refractivity contribution is 4.81. The lowest BCUT2D eigenvalue weighted by Gasteiger charge is -2.24. The Hall–Kier alpha value is -0.0800. The van der Waals surface area contributed by atoms with Crippen LogP contribution < -0.4 is 11.1 Å². The summed E-state index contributed by atoms with van der Waals surface area (Å²) in [7, 11) is 0. The van der Waals surface area contributed by atoms with Gasteiger partial charge in [-0.15, -0.1) is 0 Å². The third-order valence-corrected chi connectivity index (χ3v) is 3.88. The fourth-order valence-electron chi connectivity index (χ4n) is 2.94. The van der Waals surface area contributed by atoms with E-state index in [2.05, 4.69) is 5.32 Å². The van der Waals surface area contributed by atoms with Crippen LogP contribution in [0.1, 0.15) is 51.4 Å². The van der Waals surface area contributed by atoms with Gasteiger partial charge in [-0.05, 0) is 44.6 Å². The summed E-state index contributed by atoms with van der Waals surface area (Å²) < 4.78 is 0. The predicted octanol–water partition coefficient (Wildman–Crippen LogP) is 2.04. The molecule has 2 aliphatic carbocycles. The highest BCUT2D eigenvalue weighted by Gasteiger charge is 2.22. The standard InChI is InChI=1S/C12H24N2/c13-11-7-6-10(8-11)9-14-12-4-2-1-3-5-12/h10-12,14H,1-9,13H2/t10-,11+/m0/s1. The van der Waals surface area contributed by atoms with E-state index in [1.807, 2.05) is 0 Å². The average molecular weight is 196 g/mol. The zero-order valence-electron chi connectivity index (χ0n) is 9.17. The van der Waals surface area contributed by atoms with Crippen LogP contribution in [0.3, 0.4) is 0 Å². The molecule has 3 N–H and O–H groups in total. The van der Waals surface area contributed by atoms with E-state index in [0.29, 0.717) is 6.04 Å². The number of nitrogens with two attached hydrogens (primary N) is 1. The molecule has 0 unspecified atom stereocenters. The molecule has 0 bridgehead atoms. The van der Waals surface area contributed by atoms with Gasteiger partial charge in [-0.1, -0.05) is 19.3 Å². The molecule has 0 amide bonds. The molecule has 2 heteroatoms. The first-order valence-corrected chi connectivity index (χ1v) is 6.33. The maximum Gasteiger partial charge on any atom is 0.00671 e. The first kappa shape index (κ1) is 10.4. The predicted molar refractivity (Wildman–Crippen MR) is 60.2 cm³/mol. The molecular weight excluding hydrogens is 172 g/mol. The normalized spacial score (nSPS) is 34.9. The van der Waals surface area contributed by atoms with Crippen LogP contribution in [0.4, 0.5) is 0 Å². The van der Waals surface area contributed by atoms with E-state index < -0.39 is 0 Å². The molecule has 2 saturated carbocycles.